The Morgan fingerprint density at radius 3 is 3.07 bits per heavy atom. The van der Waals surface area contributed by atoms with Crippen LogP contribution in [0.1, 0.15) is 18.0 Å². The van der Waals surface area contributed by atoms with Gasteiger partial charge in [0.1, 0.15) is 0 Å². The Morgan fingerprint density at radius 1 is 1.50 bits per heavy atom. The molecule has 1 unspecified atom stereocenters. The molecule has 3 N–H and O–H groups in total. The van der Waals surface area contributed by atoms with Crippen LogP contribution in [0.5, 0.6) is 0 Å². The van der Waals surface area contributed by atoms with Gasteiger partial charge in [-0.15, -0.1) is 0 Å². The molecule has 0 bridgehead atoms. The van der Waals surface area contributed by atoms with Crippen LogP contribution >= 0.6 is 0 Å². The Bertz CT molecular complexity index is 352. The fraction of sp³-hybridized carbons (Fsp3) is 0.300. The van der Waals surface area contributed by atoms with E-state index < -0.39 is 6.09 Å². The lowest BCUT2D eigenvalue weighted by atomic mass is 9.98. The molecular formula is C10H12N2O2. The Kier molecular flexibility index (Phi) is 2.26. The molecule has 1 heterocycles. The molecule has 1 aliphatic heterocycles. The number of benzene rings is 1. The van der Waals surface area contributed by atoms with E-state index in [0.717, 1.165) is 24.2 Å². The highest BCUT2D eigenvalue weighted by Gasteiger charge is 2.20. The van der Waals surface area contributed by atoms with E-state index >= 15 is 0 Å². The summed E-state index contributed by atoms with van der Waals surface area (Å²) in [5.74, 6) is 0. The number of carbonyl (C=O) groups is 1. The van der Waals surface area contributed by atoms with Gasteiger partial charge >= 0.3 is 6.09 Å². The van der Waals surface area contributed by atoms with Gasteiger partial charge in [-0.2, -0.15) is 0 Å². The minimum absolute atomic E-state index is 0.0788. The summed E-state index contributed by atoms with van der Waals surface area (Å²) in [4.78, 5) is 10.5. The first-order chi connectivity index (χ1) is 6.77. The zero-order valence-electron chi connectivity index (χ0n) is 7.66. The molecule has 4 nitrogen and oxygen atoms in total. The highest BCUT2D eigenvalue weighted by atomic mass is 16.4. The third-order valence-electron chi connectivity index (χ3n) is 2.38. The minimum Gasteiger partial charge on any atom is -0.465 e. The number of para-hydroxylation sites is 1. The lowest BCUT2D eigenvalue weighted by Gasteiger charge is -2.26. The van der Waals surface area contributed by atoms with Gasteiger partial charge in [0.15, 0.2) is 0 Å². The molecule has 1 aromatic carbocycles. The van der Waals surface area contributed by atoms with Crippen LogP contribution in [0.15, 0.2) is 24.3 Å². The van der Waals surface area contributed by atoms with E-state index in [2.05, 4.69) is 10.6 Å². The van der Waals surface area contributed by atoms with E-state index in [4.69, 9.17) is 5.11 Å². The fourth-order valence-corrected chi connectivity index (χ4v) is 1.77. The molecule has 0 aromatic heterocycles. The molecule has 4 heteroatoms. The Hall–Kier alpha value is -1.71. The third-order valence-corrected chi connectivity index (χ3v) is 2.38. The van der Waals surface area contributed by atoms with Gasteiger partial charge in [-0.25, -0.2) is 4.79 Å². The SMILES string of the molecule is O=C(O)NC1CCNc2ccccc21. The average Bonchev–Trinajstić information content (AvgIpc) is 2.18. The normalized spacial score (nSPS) is 19.3. The van der Waals surface area contributed by atoms with Crippen LogP contribution in [0, 0.1) is 0 Å². The fourth-order valence-electron chi connectivity index (χ4n) is 1.77. The second-order valence-electron chi connectivity index (χ2n) is 3.30. The lowest BCUT2D eigenvalue weighted by Crippen LogP contribution is -2.31. The predicted molar refractivity (Wildman–Crippen MR) is 53.5 cm³/mol. The summed E-state index contributed by atoms with van der Waals surface area (Å²) in [5, 5.41) is 14.4. The van der Waals surface area contributed by atoms with Gasteiger partial charge in [0.2, 0.25) is 0 Å². The van der Waals surface area contributed by atoms with Gasteiger partial charge in [-0.05, 0) is 18.1 Å². The van der Waals surface area contributed by atoms with Gasteiger partial charge in [0.05, 0.1) is 6.04 Å². The van der Waals surface area contributed by atoms with Gasteiger partial charge in [-0.1, -0.05) is 18.2 Å². The zero-order chi connectivity index (χ0) is 9.97. The zero-order valence-corrected chi connectivity index (χ0v) is 7.66. The molecule has 0 saturated carbocycles. The van der Waals surface area contributed by atoms with Crippen molar-refractivity contribution in [2.24, 2.45) is 0 Å². The molecule has 0 aliphatic carbocycles. The number of carboxylic acid groups (broad SMARTS) is 1. The highest BCUT2D eigenvalue weighted by molar-refractivity contribution is 5.66. The second-order valence-corrected chi connectivity index (χ2v) is 3.30. The molecule has 0 radical (unpaired) electrons. The maximum Gasteiger partial charge on any atom is 0.405 e. The van der Waals surface area contributed by atoms with Crippen molar-refractivity contribution >= 4 is 11.8 Å². The number of rotatable bonds is 1. The molecule has 1 aromatic rings. The second kappa shape index (κ2) is 3.57. The van der Waals surface area contributed by atoms with Gasteiger partial charge in [0, 0.05) is 12.2 Å². The number of hydrogen-bond acceptors (Lipinski definition) is 2. The Balaban J connectivity index is 2.26. The quantitative estimate of drug-likeness (QED) is 0.636. The van der Waals surface area contributed by atoms with Crippen molar-refractivity contribution in [1.29, 1.82) is 0 Å². The van der Waals surface area contributed by atoms with Crippen molar-refractivity contribution in [3.63, 3.8) is 0 Å². The number of hydrogen-bond donors (Lipinski definition) is 3. The first kappa shape index (κ1) is 8.87. The van der Waals surface area contributed by atoms with Crippen molar-refractivity contribution in [3.8, 4) is 0 Å². The molecule has 74 valence electrons. The first-order valence-electron chi connectivity index (χ1n) is 4.59. The first-order valence-corrected chi connectivity index (χ1v) is 4.59. The summed E-state index contributed by atoms with van der Waals surface area (Å²) in [6.07, 6.45) is -0.171. The molecule has 1 atom stereocenters. The van der Waals surface area contributed by atoms with E-state index in [1.54, 1.807) is 0 Å². The lowest BCUT2D eigenvalue weighted by molar-refractivity contribution is 0.189. The van der Waals surface area contributed by atoms with Gasteiger partial charge in [0.25, 0.3) is 0 Å². The smallest absolute Gasteiger partial charge is 0.405 e. The topological polar surface area (TPSA) is 61.4 Å². The van der Waals surface area contributed by atoms with Crippen LogP contribution in [-0.4, -0.2) is 17.7 Å². The van der Waals surface area contributed by atoms with Crippen LogP contribution < -0.4 is 10.6 Å². The standard InChI is InChI=1S/C10H12N2O2/c13-10(14)12-9-5-6-11-8-4-2-1-3-7(8)9/h1-4,9,11-12H,5-6H2,(H,13,14). The van der Waals surface area contributed by atoms with E-state index in [9.17, 15) is 4.79 Å². The average molecular weight is 192 g/mol. The number of amides is 1. The maximum absolute atomic E-state index is 10.5. The Labute approximate surface area is 81.9 Å². The summed E-state index contributed by atoms with van der Waals surface area (Å²) < 4.78 is 0. The van der Waals surface area contributed by atoms with Crippen molar-refractivity contribution in [2.75, 3.05) is 11.9 Å². The molecule has 2 rings (SSSR count). The largest absolute Gasteiger partial charge is 0.465 e. The molecule has 1 aliphatic rings. The third kappa shape index (κ3) is 1.64. The van der Waals surface area contributed by atoms with Gasteiger partial charge in [-0.3, -0.25) is 0 Å². The summed E-state index contributed by atoms with van der Waals surface area (Å²) in [6.45, 7) is 0.808. The maximum atomic E-state index is 10.5. The van der Waals surface area contributed by atoms with Crippen LogP contribution in [0.2, 0.25) is 0 Å². The van der Waals surface area contributed by atoms with Crippen LogP contribution in [0.3, 0.4) is 0 Å². The molecular weight excluding hydrogens is 180 g/mol. The minimum atomic E-state index is -0.966. The molecule has 0 spiro atoms. The van der Waals surface area contributed by atoms with E-state index in [1.807, 2.05) is 24.3 Å². The summed E-state index contributed by atoms with van der Waals surface area (Å²) in [6, 6.07) is 7.69. The number of fused-ring (bicyclic) bond motifs is 1. The molecule has 0 saturated heterocycles. The van der Waals surface area contributed by atoms with Crippen molar-refractivity contribution < 1.29 is 9.90 Å². The monoisotopic (exact) mass is 192 g/mol. The number of anilines is 1. The molecule has 14 heavy (non-hydrogen) atoms. The van der Waals surface area contributed by atoms with E-state index in [1.165, 1.54) is 0 Å². The highest BCUT2D eigenvalue weighted by Crippen LogP contribution is 2.28. The predicted octanol–water partition coefficient (Wildman–Crippen LogP) is 1.81. The number of nitrogens with one attached hydrogen (secondary N) is 2. The summed E-state index contributed by atoms with van der Waals surface area (Å²) in [7, 11) is 0. The van der Waals surface area contributed by atoms with E-state index in [0.29, 0.717) is 0 Å². The molecule has 0 fully saturated rings. The van der Waals surface area contributed by atoms with Crippen molar-refractivity contribution in [1.82, 2.24) is 5.32 Å². The summed E-state index contributed by atoms with van der Waals surface area (Å²) in [5.41, 5.74) is 2.05. The van der Waals surface area contributed by atoms with Crippen LogP contribution in [0.25, 0.3) is 0 Å². The van der Waals surface area contributed by atoms with Crippen molar-refractivity contribution in [2.45, 2.75) is 12.5 Å². The van der Waals surface area contributed by atoms with Crippen molar-refractivity contribution in [3.05, 3.63) is 29.8 Å². The Morgan fingerprint density at radius 2 is 2.29 bits per heavy atom. The molecule has 1 amide bonds. The van der Waals surface area contributed by atoms with Crippen LogP contribution in [-0.2, 0) is 0 Å². The van der Waals surface area contributed by atoms with Gasteiger partial charge < -0.3 is 15.7 Å². The van der Waals surface area contributed by atoms with E-state index in [-0.39, 0.29) is 6.04 Å². The van der Waals surface area contributed by atoms with Crippen LogP contribution in [0.4, 0.5) is 10.5 Å². The summed E-state index contributed by atoms with van der Waals surface area (Å²) >= 11 is 0.